The highest BCUT2D eigenvalue weighted by Crippen LogP contribution is 2.27. The average Bonchev–Trinajstić information content (AvgIpc) is 2.54. The highest BCUT2D eigenvalue weighted by atomic mass is 35.5. The number of nitrogens with zero attached hydrogens (tertiary/aromatic N) is 2. The van der Waals surface area contributed by atoms with E-state index in [9.17, 15) is 0 Å². The lowest BCUT2D eigenvalue weighted by molar-refractivity contribution is 1.15. The van der Waals surface area contributed by atoms with Crippen molar-refractivity contribution in [2.45, 2.75) is 0 Å². The van der Waals surface area contributed by atoms with E-state index in [1.165, 1.54) is 0 Å². The Hall–Kier alpha value is -2.30. The van der Waals surface area contributed by atoms with E-state index in [1.807, 2.05) is 36.4 Å². The monoisotopic (exact) mass is 344 g/mol. The van der Waals surface area contributed by atoms with E-state index < -0.39 is 0 Å². The first-order chi connectivity index (χ1) is 11.1. The van der Waals surface area contributed by atoms with Gasteiger partial charge in [-0.25, -0.2) is 4.98 Å². The van der Waals surface area contributed by atoms with Crippen molar-refractivity contribution in [3.63, 3.8) is 0 Å². The lowest BCUT2D eigenvalue weighted by Crippen LogP contribution is -2.02. The van der Waals surface area contributed by atoms with Crippen molar-refractivity contribution in [1.82, 2.24) is 9.97 Å². The number of rotatable bonds is 4. The first kappa shape index (κ1) is 15.6. The Morgan fingerprint density at radius 2 is 1.57 bits per heavy atom. The smallest absolute Gasteiger partial charge is 0.224 e. The molecular formula is C17H14Cl2N4. The van der Waals surface area contributed by atoms with Crippen molar-refractivity contribution in [3.8, 4) is 11.3 Å². The first-order valence-electron chi connectivity index (χ1n) is 6.99. The summed E-state index contributed by atoms with van der Waals surface area (Å²) in [6.07, 6.45) is 0. The molecule has 0 fully saturated rings. The quantitative estimate of drug-likeness (QED) is 0.679. The van der Waals surface area contributed by atoms with Crippen molar-refractivity contribution in [3.05, 3.63) is 64.6 Å². The molecule has 0 unspecified atom stereocenters. The summed E-state index contributed by atoms with van der Waals surface area (Å²) in [5.74, 6) is 1.18. The topological polar surface area (TPSA) is 49.8 Å². The van der Waals surface area contributed by atoms with E-state index in [1.54, 1.807) is 25.2 Å². The maximum atomic E-state index is 6.03. The average molecular weight is 345 g/mol. The second-order valence-corrected chi connectivity index (χ2v) is 5.73. The molecular weight excluding hydrogens is 331 g/mol. The van der Waals surface area contributed by atoms with E-state index in [4.69, 9.17) is 23.2 Å². The lowest BCUT2D eigenvalue weighted by atomic mass is 10.1. The molecule has 23 heavy (non-hydrogen) atoms. The standard InChI is InChI=1S/C17H14Cl2N4/c1-20-17-22-15(11-5-3-2-4-6-11)10-16(23-17)21-14-8-12(18)7-13(19)9-14/h2-10H,1H3,(H2,20,21,22,23). The molecule has 0 aliphatic carbocycles. The third kappa shape index (κ3) is 3.92. The predicted octanol–water partition coefficient (Wildman–Crippen LogP) is 5.24. The molecule has 0 aliphatic heterocycles. The van der Waals surface area contributed by atoms with Gasteiger partial charge >= 0.3 is 0 Å². The second kappa shape index (κ2) is 6.86. The van der Waals surface area contributed by atoms with Crippen LogP contribution in [0.4, 0.5) is 17.5 Å². The molecule has 0 radical (unpaired) electrons. The minimum Gasteiger partial charge on any atom is -0.357 e. The minimum atomic E-state index is 0.530. The highest BCUT2D eigenvalue weighted by molar-refractivity contribution is 6.35. The number of nitrogens with one attached hydrogen (secondary N) is 2. The van der Waals surface area contributed by atoms with Gasteiger partial charge in [0.1, 0.15) is 5.82 Å². The van der Waals surface area contributed by atoms with Crippen molar-refractivity contribution in [1.29, 1.82) is 0 Å². The van der Waals surface area contributed by atoms with Gasteiger partial charge in [0.25, 0.3) is 0 Å². The maximum absolute atomic E-state index is 6.03. The third-order valence-corrected chi connectivity index (χ3v) is 3.59. The Labute approximate surface area is 144 Å². The molecule has 0 saturated carbocycles. The van der Waals surface area contributed by atoms with Crippen LogP contribution in [0.5, 0.6) is 0 Å². The van der Waals surface area contributed by atoms with E-state index in [0.717, 1.165) is 16.9 Å². The molecule has 1 heterocycles. The molecule has 0 spiro atoms. The normalized spacial score (nSPS) is 10.4. The third-order valence-electron chi connectivity index (χ3n) is 3.15. The van der Waals surface area contributed by atoms with Crippen LogP contribution >= 0.6 is 23.2 Å². The van der Waals surface area contributed by atoms with Crippen molar-refractivity contribution < 1.29 is 0 Å². The van der Waals surface area contributed by atoms with Crippen LogP contribution in [0.3, 0.4) is 0 Å². The number of aromatic nitrogens is 2. The van der Waals surface area contributed by atoms with Crippen LogP contribution in [0.2, 0.25) is 10.0 Å². The van der Waals surface area contributed by atoms with Gasteiger partial charge in [-0.05, 0) is 18.2 Å². The SMILES string of the molecule is CNc1nc(Nc2cc(Cl)cc(Cl)c2)cc(-c2ccccc2)n1. The van der Waals surface area contributed by atoms with Gasteiger partial charge in [-0.3, -0.25) is 0 Å². The summed E-state index contributed by atoms with van der Waals surface area (Å²) in [6, 6.07) is 17.1. The number of hydrogen-bond donors (Lipinski definition) is 2. The number of anilines is 3. The Kier molecular flexibility index (Phi) is 4.65. The number of benzene rings is 2. The van der Waals surface area contributed by atoms with E-state index in [-0.39, 0.29) is 0 Å². The van der Waals surface area contributed by atoms with Gasteiger partial charge in [0.05, 0.1) is 5.69 Å². The molecule has 1 aromatic heterocycles. The second-order valence-electron chi connectivity index (χ2n) is 4.86. The Morgan fingerprint density at radius 1 is 0.870 bits per heavy atom. The first-order valence-corrected chi connectivity index (χ1v) is 7.75. The summed E-state index contributed by atoms with van der Waals surface area (Å²) in [5, 5.41) is 7.30. The van der Waals surface area contributed by atoms with Gasteiger partial charge in [0.2, 0.25) is 5.95 Å². The fourth-order valence-corrected chi connectivity index (χ4v) is 2.68. The van der Waals surface area contributed by atoms with Gasteiger partial charge in [0, 0.05) is 34.4 Å². The zero-order valence-corrected chi connectivity index (χ0v) is 13.9. The fourth-order valence-electron chi connectivity index (χ4n) is 2.15. The summed E-state index contributed by atoms with van der Waals surface area (Å²) < 4.78 is 0. The molecule has 2 aromatic carbocycles. The lowest BCUT2D eigenvalue weighted by Gasteiger charge is -2.10. The Balaban J connectivity index is 1.98. The molecule has 0 saturated heterocycles. The predicted molar refractivity (Wildman–Crippen MR) is 96.8 cm³/mol. The van der Waals surface area contributed by atoms with Crippen LogP contribution in [0.25, 0.3) is 11.3 Å². The summed E-state index contributed by atoms with van der Waals surface area (Å²) in [5.41, 5.74) is 2.60. The van der Waals surface area contributed by atoms with Crippen molar-refractivity contribution in [2.24, 2.45) is 0 Å². The largest absolute Gasteiger partial charge is 0.357 e. The zero-order valence-electron chi connectivity index (χ0n) is 12.3. The van der Waals surface area contributed by atoms with Crippen LogP contribution in [0, 0.1) is 0 Å². The number of halogens is 2. The van der Waals surface area contributed by atoms with Crippen molar-refractivity contribution in [2.75, 3.05) is 17.7 Å². The number of hydrogen-bond acceptors (Lipinski definition) is 4. The van der Waals surface area contributed by atoms with Gasteiger partial charge in [-0.2, -0.15) is 4.98 Å². The summed E-state index contributed by atoms with van der Waals surface area (Å²) in [4.78, 5) is 8.90. The molecule has 3 aromatic rings. The van der Waals surface area contributed by atoms with Crippen LogP contribution in [0.15, 0.2) is 54.6 Å². The van der Waals surface area contributed by atoms with E-state index in [0.29, 0.717) is 21.8 Å². The molecule has 6 heteroatoms. The molecule has 2 N–H and O–H groups in total. The van der Waals surface area contributed by atoms with Crippen molar-refractivity contribution >= 4 is 40.7 Å². The van der Waals surface area contributed by atoms with Crippen LogP contribution in [-0.2, 0) is 0 Å². The molecule has 3 rings (SSSR count). The Morgan fingerprint density at radius 3 is 2.22 bits per heavy atom. The fraction of sp³-hybridized carbons (Fsp3) is 0.0588. The van der Waals surface area contributed by atoms with Gasteiger partial charge in [-0.15, -0.1) is 0 Å². The molecule has 4 nitrogen and oxygen atoms in total. The Bertz CT molecular complexity index is 802. The summed E-state index contributed by atoms with van der Waals surface area (Å²) >= 11 is 12.1. The van der Waals surface area contributed by atoms with E-state index >= 15 is 0 Å². The van der Waals surface area contributed by atoms with Gasteiger partial charge in [0.15, 0.2) is 0 Å². The molecule has 0 amide bonds. The molecule has 0 bridgehead atoms. The zero-order chi connectivity index (χ0) is 16.2. The molecule has 116 valence electrons. The molecule has 0 atom stereocenters. The molecule has 0 aliphatic rings. The minimum absolute atomic E-state index is 0.530. The highest BCUT2D eigenvalue weighted by Gasteiger charge is 2.07. The van der Waals surface area contributed by atoms with Crippen LogP contribution < -0.4 is 10.6 Å². The van der Waals surface area contributed by atoms with Gasteiger partial charge in [-0.1, -0.05) is 53.5 Å². The van der Waals surface area contributed by atoms with Gasteiger partial charge < -0.3 is 10.6 Å². The summed E-state index contributed by atoms with van der Waals surface area (Å²) in [6.45, 7) is 0. The van der Waals surface area contributed by atoms with E-state index in [2.05, 4.69) is 20.6 Å². The summed E-state index contributed by atoms with van der Waals surface area (Å²) in [7, 11) is 1.78. The van der Waals surface area contributed by atoms with Crippen LogP contribution in [0.1, 0.15) is 0 Å². The van der Waals surface area contributed by atoms with Crippen LogP contribution in [-0.4, -0.2) is 17.0 Å². The maximum Gasteiger partial charge on any atom is 0.224 e.